The van der Waals surface area contributed by atoms with Gasteiger partial charge in [-0.3, -0.25) is 0 Å². The van der Waals surface area contributed by atoms with E-state index in [9.17, 15) is 5.11 Å². The van der Waals surface area contributed by atoms with Crippen molar-refractivity contribution >= 4 is 24.3 Å². The van der Waals surface area contributed by atoms with Crippen molar-refractivity contribution in [1.82, 2.24) is 0 Å². The lowest BCUT2D eigenvalue weighted by Crippen LogP contribution is -1.82. The van der Waals surface area contributed by atoms with Gasteiger partial charge < -0.3 is 14.6 Å². The maximum atomic E-state index is 10.3. The van der Waals surface area contributed by atoms with E-state index in [1.54, 1.807) is 20.3 Å². The van der Waals surface area contributed by atoms with Crippen LogP contribution in [0.2, 0.25) is 0 Å². The van der Waals surface area contributed by atoms with Gasteiger partial charge in [0, 0.05) is 5.56 Å². The molecule has 0 saturated heterocycles. The highest BCUT2D eigenvalue weighted by Gasteiger charge is 1.99. The van der Waals surface area contributed by atoms with Crippen LogP contribution in [0.4, 0.5) is 0 Å². The van der Waals surface area contributed by atoms with Crippen LogP contribution >= 0.6 is 0 Å². The van der Waals surface area contributed by atoms with Gasteiger partial charge in [-0.1, -0.05) is 60.7 Å². The fourth-order valence-electron chi connectivity index (χ4n) is 2.61. The maximum absolute atomic E-state index is 10.3. The summed E-state index contributed by atoms with van der Waals surface area (Å²) in [5.74, 6) is 1.90. The Labute approximate surface area is 159 Å². The van der Waals surface area contributed by atoms with Crippen LogP contribution in [0.3, 0.4) is 0 Å². The van der Waals surface area contributed by atoms with E-state index in [2.05, 4.69) is 0 Å². The Morgan fingerprint density at radius 2 is 1.04 bits per heavy atom. The number of rotatable bonds is 6. The van der Waals surface area contributed by atoms with Crippen molar-refractivity contribution in [2.45, 2.75) is 0 Å². The molecule has 0 fully saturated rings. The highest BCUT2D eigenvalue weighted by atomic mass is 16.5. The molecule has 0 spiro atoms. The van der Waals surface area contributed by atoms with Crippen molar-refractivity contribution in [3.8, 4) is 17.2 Å². The normalized spacial score (nSPS) is 11.2. The van der Waals surface area contributed by atoms with Gasteiger partial charge in [0.1, 0.15) is 17.2 Å². The quantitative estimate of drug-likeness (QED) is 0.570. The summed E-state index contributed by atoms with van der Waals surface area (Å²) in [6.45, 7) is 0. The van der Waals surface area contributed by atoms with Gasteiger partial charge in [0.05, 0.1) is 14.2 Å². The molecule has 3 aromatic rings. The highest BCUT2D eigenvalue weighted by molar-refractivity contribution is 5.76. The molecule has 0 aliphatic carbocycles. The highest BCUT2D eigenvalue weighted by Crippen LogP contribution is 2.23. The first-order chi connectivity index (χ1) is 13.2. The summed E-state index contributed by atoms with van der Waals surface area (Å²) in [5, 5.41) is 10.3. The minimum Gasteiger partial charge on any atom is -0.507 e. The number of hydrogen-bond donors (Lipinski definition) is 1. The number of methoxy groups -OCH3 is 2. The smallest absolute Gasteiger partial charge is 0.123 e. The molecule has 1 N–H and O–H groups in total. The molecule has 0 bridgehead atoms. The minimum absolute atomic E-state index is 0.247. The maximum Gasteiger partial charge on any atom is 0.123 e. The van der Waals surface area contributed by atoms with Gasteiger partial charge in [0.15, 0.2) is 0 Å². The van der Waals surface area contributed by atoms with Gasteiger partial charge >= 0.3 is 0 Å². The zero-order valence-electron chi connectivity index (χ0n) is 15.4. The van der Waals surface area contributed by atoms with E-state index in [0.29, 0.717) is 0 Å². The monoisotopic (exact) mass is 358 g/mol. The number of hydrogen-bond acceptors (Lipinski definition) is 3. The van der Waals surface area contributed by atoms with Crippen molar-refractivity contribution in [2.24, 2.45) is 0 Å². The molecule has 27 heavy (non-hydrogen) atoms. The van der Waals surface area contributed by atoms with E-state index in [1.807, 2.05) is 85.0 Å². The summed E-state index contributed by atoms with van der Waals surface area (Å²) in [5.41, 5.74) is 3.81. The molecule has 0 saturated carbocycles. The lowest BCUT2D eigenvalue weighted by atomic mass is 10.1. The number of phenolic OH excluding ortho intramolecular Hbond substituents is 1. The van der Waals surface area contributed by atoms with Crippen LogP contribution in [0.15, 0.2) is 66.7 Å². The SMILES string of the molecule is COc1ccc(/C=C/c2ccc(/C=C/c3ccc(OC)cc3)c(O)c2)cc1. The average Bonchev–Trinajstić information content (AvgIpc) is 2.72. The van der Waals surface area contributed by atoms with Crippen LogP contribution in [-0.2, 0) is 0 Å². The summed E-state index contributed by atoms with van der Waals surface area (Å²) in [4.78, 5) is 0. The third-order valence-corrected chi connectivity index (χ3v) is 4.21. The molecule has 0 unspecified atom stereocenters. The van der Waals surface area contributed by atoms with Crippen molar-refractivity contribution in [3.63, 3.8) is 0 Å². The molecule has 3 nitrogen and oxygen atoms in total. The molecular weight excluding hydrogens is 336 g/mol. The van der Waals surface area contributed by atoms with Gasteiger partial charge in [-0.05, 0) is 47.0 Å². The number of benzene rings is 3. The molecule has 0 atom stereocenters. The molecule has 136 valence electrons. The predicted molar refractivity (Wildman–Crippen MR) is 112 cm³/mol. The Bertz CT molecular complexity index is 936. The molecule has 0 heterocycles. The first kappa shape index (κ1) is 18.3. The second kappa shape index (κ2) is 8.77. The van der Waals surface area contributed by atoms with E-state index < -0.39 is 0 Å². The zero-order valence-corrected chi connectivity index (χ0v) is 15.4. The second-order valence-corrected chi connectivity index (χ2v) is 6.03. The largest absolute Gasteiger partial charge is 0.507 e. The van der Waals surface area contributed by atoms with Gasteiger partial charge in [-0.2, -0.15) is 0 Å². The molecule has 0 aromatic heterocycles. The Morgan fingerprint density at radius 1 is 0.593 bits per heavy atom. The van der Waals surface area contributed by atoms with Gasteiger partial charge in [-0.15, -0.1) is 0 Å². The lowest BCUT2D eigenvalue weighted by Gasteiger charge is -2.03. The van der Waals surface area contributed by atoms with E-state index in [1.165, 1.54) is 0 Å². The molecular formula is C24H22O3. The number of phenols is 1. The molecule has 3 rings (SSSR count). The second-order valence-electron chi connectivity index (χ2n) is 6.03. The van der Waals surface area contributed by atoms with E-state index in [0.717, 1.165) is 33.8 Å². The van der Waals surface area contributed by atoms with Gasteiger partial charge in [0.25, 0.3) is 0 Å². The molecule has 0 amide bonds. The molecule has 3 heteroatoms. The summed E-state index contributed by atoms with van der Waals surface area (Å²) < 4.78 is 10.3. The van der Waals surface area contributed by atoms with Crippen molar-refractivity contribution in [3.05, 3.63) is 89.0 Å². The first-order valence-corrected chi connectivity index (χ1v) is 8.65. The first-order valence-electron chi connectivity index (χ1n) is 8.65. The third-order valence-electron chi connectivity index (χ3n) is 4.21. The van der Waals surface area contributed by atoms with Crippen molar-refractivity contribution < 1.29 is 14.6 Å². The molecule has 3 aromatic carbocycles. The Kier molecular flexibility index (Phi) is 5.95. The summed E-state index contributed by atoms with van der Waals surface area (Å²) >= 11 is 0. The predicted octanol–water partition coefficient (Wildman–Crippen LogP) is 5.75. The Hall–Kier alpha value is -3.46. The summed E-state index contributed by atoms with van der Waals surface area (Å²) in [6, 6.07) is 21.2. The van der Waals surface area contributed by atoms with Gasteiger partial charge in [-0.25, -0.2) is 0 Å². The van der Waals surface area contributed by atoms with E-state index >= 15 is 0 Å². The average molecular weight is 358 g/mol. The van der Waals surface area contributed by atoms with E-state index in [-0.39, 0.29) is 5.75 Å². The molecule has 0 radical (unpaired) electrons. The van der Waals surface area contributed by atoms with Crippen molar-refractivity contribution in [2.75, 3.05) is 14.2 Å². The fraction of sp³-hybridized carbons (Fsp3) is 0.0833. The Balaban J connectivity index is 1.70. The summed E-state index contributed by atoms with van der Waals surface area (Å²) in [6.07, 6.45) is 7.83. The van der Waals surface area contributed by atoms with Crippen LogP contribution < -0.4 is 9.47 Å². The third kappa shape index (κ3) is 5.02. The summed E-state index contributed by atoms with van der Waals surface area (Å²) in [7, 11) is 3.30. The van der Waals surface area contributed by atoms with Crippen molar-refractivity contribution in [1.29, 1.82) is 0 Å². The molecule has 0 aliphatic heterocycles. The van der Waals surface area contributed by atoms with Crippen LogP contribution in [0, 0.1) is 0 Å². The number of aromatic hydroxyl groups is 1. The fourth-order valence-corrected chi connectivity index (χ4v) is 2.61. The lowest BCUT2D eigenvalue weighted by molar-refractivity contribution is 0.414. The van der Waals surface area contributed by atoms with Crippen LogP contribution in [0.5, 0.6) is 17.2 Å². The van der Waals surface area contributed by atoms with Crippen LogP contribution in [0.1, 0.15) is 22.3 Å². The Morgan fingerprint density at radius 3 is 1.52 bits per heavy atom. The minimum atomic E-state index is 0.247. The van der Waals surface area contributed by atoms with Crippen LogP contribution in [0.25, 0.3) is 24.3 Å². The number of ether oxygens (including phenoxy) is 2. The standard InChI is InChI=1S/C24H22O3/c1-26-22-13-7-18(8-14-22)3-4-20-6-12-21(24(25)17-20)11-5-19-9-15-23(27-2)16-10-19/h3-17,25H,1-2H3/b4-3+,11-5+. The zero-order chi connectivity index (χ0) is 19.1. The van der Waals surface area contributed by atoms with Crippen LogP contribution in [-0.4, -0.2) is 19.3 Å². The van der Waals surface area contributed by atoms with E-state index in [4.69, 9.17) is 9.47 Å². The van der Waals surface area contributed by atoms with Gasteiger partial charge in [0.2, 0.25) is 0 Å². The topological polar surface area (TPSA) is 38.7 Å². The molecule has 0 aliphatic rings.